The summed E-state index contributed by atoms with van der Waals surface area (Å²) >= 11 is 0. The first kappa shape index (κ1) is 9.83. The predicted molar refractivity (Wildman–Crippen MR) is 54.6 cm³/mol. The summed E-state index contributed by atoms with van der Waals surface area (Å²) in [5.41, 5.74) is 1.75. The molecule has 0 spiro atoms. The number of carbonyl (C=O) groups is 1. The summed E-state index contributed by atoms with van der Waals surface area (Å²) in [5.74, 6) is 0.231. The van der Waals surface area contributed by atoms with Crippen LogP contribution < -0.4 is 0 Å². The summed E-state index contributed by atoms with van der Waals surface area (Å²) in [6.45, 7) is 3.34. The maximum atomic E-state index is 11.2. The number of nitrogens with zero attached hydrogens (tertiary/aromatic N) is 1. The van der Waals surface area contributed by atoms with Crippen molar-refractivity contribution in [3.8, 4) is 5.75 Å². The lowest BCUT2D eigenvalue weighted by Crippen LogP contribution is -2.23. The van der Waals surface area contributed by atoms with E-state index in [2.05, 4.69) is 0 Å². The van der Waals surface area contributed by atoms with Crippen molar-refractivity contribution in [2.24, 2.45) is 0 Å². The highest BCUT2D eigenvalue weighted by Crippen LogP contribution is 2.21. The van der Waals surface area contributed by atoms with E-state index in [1.54, 1.807) is 11.0 Å². The van der Waals surface area contributed by atoms with Crippen LogP contribution in [0.15, 0.2) is 18.2 Å². The molecule has 0 aromatic heterocycles. The molecular weight excluding hydrogens is 194 g/mol. The second kappa shape index (κ2) is 3.81. The van der Waals surface area contributed by atoms with Crippen LogP contribution in [0.5, 0.6) is 5.75 Å². The van der Waals surface area contributed by atoms with E-state index < -0.39 is 0 Å². The quantitative estimate of drug-likeness (QED) is 0.802. The summed E-state index contributed by atoms with van der Waals surface area (Å²) in [5, 5.41) is 9.66. The molecule has 1 saturated heterocycles. The van der Waals surface area contributed by atoms with Crippen molar-refractivity contribution in [1.82, 2.24) is 4.90 Å². The first-order valence-corrected chi connectivity index (χ1v) is 4.87. The van der Waals surface area contributed by atoms with E-state index in [0.29, 0.717) is 19.7 Å². The smallest absolute Gasteiger partial charge is 0.410 e. The molecule has 0 atom stereocenters. The summed E-state index contributed by atoms with van der Waals surface area (Å²) in [4.78, 5) is 12.8. The molecule has 0 bridgehead atoms. The lowest BCUT2D eigenvalue weighted by Gasteiger charge is -2.13. The highest BCUT2D eigenvalue weighted by molar-refractivity contribution is 5.69. The molecule has 1 heterocycles. The molecule has 0 unspecified atom stereocenters. The maximum absolute atomic E-state index is 11.2. The van der Waals surface area contributed by atoms with E-state index in [1.165, 1.54) is 0 Å². The number of carbonyl (C=O) groups excluding carboxylic acids is 1. The van der Waals surface area contributed by atoms with Gasteiger partial charge in [0, 0.05) is 5.56 Å². The van der Waals surface area contributed by atoms with Gasteiger partial charge in [-0.15, -0.1) is 0 Å². The van der Waals surface area contributed by atoms with Crippen LogP contribution in [0.4, 0.5) is 4.79 Å². The van der Waals surface area contributed by atoms with E-state index in [1.807, 2.05) is 19.1 Å². The van der Waals surface area contributed by atoms with Crippen molar-refractivity contribution in [3.63, 3.8) is 0 Å². The van der Waals surface area contributed by atoms with Gasteiger partial charge in [0.2, 0.25) is 0 Å². The molecule has 1 aromatic rings. The molecule has 0 saturated carbocycles. The minimum atomic E-state index is -0.310. The Bertz CT molecular complexity index is 389. The largest absolute Gasteiger partial charge is 0.508 e. The normalized spacial score (nSPS) is 15.5. The summed E-state index contributed by atoms with van der Waals surface area (Å²) in [7, 11) is 0. The Morgan fingerprint density at radius 3 is 2.93 bits per heavy atom. The van der Waals surface area contributed by atoms with Gasteiger partial charge in [0.1, 0.15) is 12.4 Å². The van der Waals surface area contributed by atoms with Crippen molar-refractivity contribution in [1.29, 1.82) is 0 Å². The standard InChI is InChI=1S/C11H13NO3/c1-8-2-3-9(10(13)6-8)7-12-4-5-15-11(12)14/h2-3,6,13H,4-5,7H2,1H3. The van der Waals surface area contributed by atoms with Crippen LogP contribution in [0.3, 0.4) is 0 Å². The number of phenolic OH excluding ortho intramolecular Hbond substituents is 1. The van der Waals surface area contributed by atoms with Crippen LogP contribution in [0.25, 0.3) is 0 Å². The molecule has 0 radical (unpaired) electrons. The Kier molecular flexibility index (Phi) is 2.49. The van der Waals surface area contributed by atoms with Crippen LogP contribution >= 0.6 is 0 Å². The molecular formula is C11H13NO3. The molecule has 1 N–H and O–H groups in total. The van der Waals surface area contributed by atoms with E-state index in [9.17, 15) is 9.90 Å². The molecule has 0 aliphatic carbocycles. The van der Waals surface area contributed by atoms with Gasteiger partial charge in [-0.05, 0) is 18.6 Å². The molecule has 80 valence electrons. The minimum absolute atomic E-state index is 0.231. The highest BCUT2D eigenvalue weighted by Gasteiger charge is 2.22. The topological polar surface area (TPSA) is 49.8 Å². The molecule has 2 rings (SSSR count). The average Bonchev–Trinajstić information content (AvgIpc) is 2.57. The van der Waals surface area contributed by atoms with Crippen LogP contribution in [-0.2, 0) is 11.3 Å². The third-order valence-corrected chi connectivity index (χ3v) is 2.45. The molecule has 1 amide bonds. The fourth-order valence-corrected chi connectivity index (χ4v) is 1.58. The zero-order valence-corrected chi connectivity index (χ0v) is 8.56. The van der Waals surface area contributed by atoms with Gasteiger partial charge in [0.15, 0.2) is 0 Å². The molecule has 1 aliphatic heterocycles. The van der Waals surface area contributed by atoms with Crippen LogP contribution in [0.2, 0.25) is 0 Å². The Hall–Kier alpha value is -1.71. The van der Waals surface area contributed by atoms with Crippen molar-refractivity contribution in [2.45, 2.75) is 13.5 Å². The molecule has 4 heteroatoms. The molecule has 1 aliphatic rings. The summed E-state index contributed by atoms with van der Waals surface area (Å²) in [6, 6.07) is 5.43. The fourth-order valence-electron chi connectivity index (χ4n) is 1.58. The van der Waals surface area contributed by atoms with Crippen LogP contribution in [-0.4, -0.2) is 29.3 Å². The third kappa shape index (κ3) is 2.03. The predicted octanol–water partition coefficient (Wildman–Crippen LogP) is 1.65. The monoisotopic (exact) mass is 207 g/mol. The Labute approximate surface area is 88.1 Å². The SMILES string of the molecule is Cc1ccc(CN2CCOC2=O)c(O)c1. The van der Waals surface area contributed by atoms with Gasteiger partial charge in [-0.2, -0.15) is 0 Å². The molecule has 4 nitrogen and oxygen atoms in total. The fraction of sp³-hybridized carbons (Fsp3) is 0.364. The number of phenols is 1. The van der Waals surface area contributed by atoms with E-state index in [0.717, 1.165) is 11.1 Å². The first-order chi connectivity index (χ1) is 7.16. The van der Waals surface area contributed by atoms with Gasteiger partial charge in [-0.1, -0.05) is 12.1 Å². The maximum Gasteiger partial charge on any atom is 0.410 e. The molecule has 1 fully saturated rings. The zero-order chi connectivity index (χ0) is 10.8. The van der Waals surface area contributed by atoms with Gasteiger partial charge in [-0.25, -0.2) is 4.79 Å². The second-order valence-electron chi connectivity index (χ2n) is 3.67. The number of aryl methyl sites for hydroxylation is 1. The number of cyclic esters (lactones) is 1. The number of aromatic hydroxyl groups is 1. The van der Waals surface area contributed by atoms with Gasteiger partial charge < -0.3 is 14.7 Å². The molecule has 15 heavy (non-hydrogen) atoms. The van der Waals surface area contributed by atoms with Crippen molar-refractivity contribution in [3.05, 3.63) is 29.3 Å². The Morgan fingerprint density at radius 1 is 1.53 bits per heavy atom. The van der Waals surface area contributed by atoms with Gasteiger partial charge in [-0.3, -0.25) is 0 Å². The summed E-state index contributed by atoms with van der Waals surface area (Å²) < 4.78 is 4.81. The van der Waals surface area contributed by atoms with E-state index in [-0.39, 0.29) is 11.8 Å². The zero-order valence-electron chi connectivity index (χ0n) is 8.56. The average molecular weight is 207 g/mol. The second-order valence-corrected chi connectivity index (χ2v) is 3.67. The Balaban J connectivity index is 2.13. The van der Waals surface area contributed by atoms with Gasteiger partial charge in [0.05, 0.1) is 13.1 Å². The third-order valence-electron chi connectivity index (χ3n) is 2.45. The number of amides is 1. The molecule has 1 aromatic carbocycles. The van der Waals surface area contributed by atoms with Crippen molar-refractivity contribution >= 4 is 6.09 Å². The number of hydrogen-bond donors (Lipinski definition) is 1. The van der Waals surface area contributed by atoms with Crippen molar-refractivity contribution < 1.29 is 14.6 Å². The van der Waals surface area contributed by atoms with E-state index in [4.69, 9.17) is 4.74 Å². The lowest BCUT2D eigenvalue weighted by atomic mass is 10.1. The first-order valence-electron chi connectivity index (χ1n) is 4.87. The Morgan fingerprint density at radius 2 is 2.33 bits per heavy atom. The highest BCUT2D eigenvalue weighted by atomic mass is 16.6. The number of rotatable bonds is 2. The van der Waals surface area contributed by atoms with Gasteiger partial charge >= 0.3 is 6.09 Å². The van der Waals surface area contributed by atoms with Crippen LogP contribution in [0, 0.1) is 6.92 Å². The number of benzene rings is 1. The number of hydrogen-bond acceptors (Lipinski definition) is 3. The van der Waals surface area contributed by atoms with E-state index >= 15 is 0 Å². The summed E-state index contributed by atoms with van der Waals surface area (Å²) in [6.07, 6.45) is -0.310. The van der Waals surface area contributed by atoms with Crippen molar-refractivity contribution in [2.75, 3.05) is 13.2 Å². The minimum Gasteiger partial charge on any atom is -0.508 e. The van der Waals surface area contributed by atoms with Crippen LogP contribution in [0.1, 0.15) is 11.1 Å². The van der Waals surface area contributed by atoms with Gasteiger partial charge in [0.25, 0.3) is 0 Å². The lowest BCUT2D eigenvalue weighted by molar-refractivity contribution is 0.157. The number of ether oxygens (including phenoxy) is 1.